The molecule has 1 heterocycles. The van der Waals surface area contributed by atoms with Crippen LogP contribution in [0.1, 0.15) is 33.8 Å². The van der Waals surface area contributed by atoms with E-state index in [0.717, 1.165) is 11.1 Å². The summed E-state index contributed by atoms with van der Waals surface area (Å²) in [6.07, 6.45) is 0. The SMILES string of the molecule is Cc1csc(C(=O)N(C)C(C)c2cccc(N)c2)c1Cl. The zero-order chi connectivity index (χ0) is 14.9. The molecule has 2 rings (SSSR count). The molecule has 0 radical (unpaired) electrons. The molecular formula is C15H17ClN2OS. The number of aryl methyl sites for hydroxylation is 1. The highest BCUT2D eigenvalue weighted by atomic mass is 35.5. The van der Waals surface area contributed by atoms with Gasteiger partial charge in [0, 0.05) is 12.7 Å². The highest BCUT2D eigenvalue weighted by Gasteiger charge is 2.23. The molecule has 3 nitrogen and oxygen atoms in total. The van der Waals surface area contributed by atoms with E-state index in [4.69, 9.17) is 17.3 Å². The van der Waals surface area contributed by atoms with Gasteiger partial charge in [-0.1, -0.05) is 23.7 Å². The van der Waals surface area contributed by atoms with Crippen molar-refractivity contribution in [2.45, 2.75) is 19.9 Å². The molecule has 1 unspecified atom stereocenters. The third-order valence-electron chi connectivity index (χ3n) is 3.39. The lowest BCUT2D eigenvalue weighted by atomic mass is 10.1. The number of thiophene rings is 1. The van der Waals surface area contributed by atoms with Crippen LogP contribution in [0.2, 0.25) is 5.02 Å². The Bertz CT molecular complexity index is 639. The predicted molar refractivity (Wildman–Crippen MR) is 85.4 cm³/mol. The fraction of sp³-hybridized carbons (Fsp3) is 0.267. The van der Waals surface area contributed by atoms with Gasteiger partial charge in [0.15, 0.2) is 0 Å². The summed E-state index contributed by atoms with van der Waals surface area (Å²) in [5, 5.41) is 2.45. The number of benzene rings is 1. The quantitative estimate of drug-likeness (QED) is 0.867. The molecule has 106 valence electrons. The fourth-order valence-corrected chi connectivity index (χ4v) is 3.21. The van der Waals surface area contributed by atoms with Gasteiger partial charge in [-0.15, -0.1) is 11.3 Å². The number of carbonyl (C=O) groups is 1. The second-order valence-electron chi connectivity index (χ2n) is 4.82. The number of amides is 1. The minimum absolute atomic E-state index is 0.0653. The van der Waals surface area contributed by atoms with Gasteiger partial charge in [-0.05, 0) is 42.5 Å². The first-order valence-corrected chi connectivity index (χ1v) is 7.53. The summed E-state index contributed by atoms with van der Waals surface area (Å²) < 4.78 is 0. The molecule has 2 aromatic rings. The van der Waals surface area contributed by atoms with Crippen LogP contribution in [-0.4, -0.2) is 17.9 Å². The van der Waals surface area contributed by atoms with Crippen molar-refractivity contribution in [3.63, 3.8) is 0 Å². The molecule has 5 heteroatoms. The monoisotopic (exact) mass is 308 g/mol. The molecule has 0 aliphatic carbocycles. The summed E-state index contributed by atoms with van der Waals surface area (Å²) in [6, 6.07) is 7.51. The van der Waals surface area contributed by atoms with Crippen molar-refractivity contribution in [3.05, 3.63) is 50.7 Å². The highest BCUT2D eigenvalue weighted by molar-refractivity contribution is 7.13. The number of anilines is 1. The molecule has 1 aromatic carbocycles. The smallest absolute Gasteiger partial charge is 0.265 e. The molecular weight excluding hydrogens is 292 g/mol. The standard InChI is InChI=1S/C15H17ClN2OS/c1-9-8-20-14(13(9)16)15(19)18(3)10(2)11-5-4-6-12(17)7-11/h4-8,10H,17H2,1-3H3. The number of nitrogen functional groups attached to an aromatic ring is 1. The lowest BCUT2D eigenvalue weighted by Gasteiger charge is -2.25. The van der Waals surface area contributed by atoms with Gasteiger partial charge in [-0.2, -0.15) is 0 Å². The summed E-state index contributed by atoms with van der Waals surface area (Å²) in [7, 11) is 1.78. The average Bonchev–Trinajstić information content (AvgIpc) is 2.76. The number of rotatable bonds is 3. The predicted octanol–water partition coefficient (Wildman–Crippen LogP) is 4.13. The van der Waals surface area contributed by atoms with E-state index in [1.54, 1.807) is 11.9 Å². The van der Waals surface area contributed by atoms with Crippen molar-refractivity contribution < 1.29 is 4.79 Å². The number of carbonyl (C=O) groups excluding carboxylic acids is 1. The van der Waals surface area contributed by atoms with Gasteiger partial charge in [-0.3, -0.25) is 4.79 Å². The van der Waals surface area contributed by atoms with Gasteiger partial charge in [-0.25, -0.2) is 0 Å². The molecule has 2 N–H and O–H groups in total. The summed E-state index contributed by atoms with van der Waals surface area (Å²) in [6.45, 7) is 3.87. The first-order chi connectivity index (χ1) is 9.41. The van der Waals surface area contributed by atoms with E-state index in [-0.39, 0.29) is 11.9 Å². The molecule has 0 aliphatic heterocycles. The molecule has 0 saturated heterocycles. The molecule has 0 bridgehead atoms. The molecule has 20 heavy (non-hydrogen) atoms. The molecule has 0 fully saturated rings. The van der Waals surface area contributed by atoms with Gasteiger partial charge in [0.25, 0.3) is 5.91 Å². The summed E-state index contributed by atoms with van der Waals surface area (Å²) >= 11 is 7.55. The molecule has 1 aromatic heterocycles. The van der Waals surface area contributed by atoms with Crippen LogP contribution < -0.4 is 5.73 Å². The third-order valence-corrected chi connectivity index (χ3v) is 5.07. The summed E-state index contributed by atoms with van der Waals surface area (Å²) in [5.41, 5.74) is 8.42. The first kappa shape index (κ1) is 14.9. The molecule has 1 atom stereocenters. The molecule has 0 saturated carbocycles. The van der Waals surface area contributed by atoms with Gasteiger partial charge < -0.3 is 10.6 Å². The van der Waals surface area contributed by atoms with E-state index in [1.165, 1.54) is 11.3 Å². The third kappa shape index (κ3) is 2.81. The van der Waals surface area contributed by atoms with Crippen LogP contribution in [0, 0.1) is 6.92 Å². The van der Waals surface area contributed by atoms with Crippen LogP contribution >= 0.6 is 22.9 Å². The zero-order valence-electron chi connectivity index (χ0n) is 11.7. The van der Waals surface area contributed by atoms with E-state index in [0.29, 0.717) is 15.6 Å². The van der Waals surface area contributed by atoms with Gasteiger partial charge in [0.05, 0.1) is 11.1 Å². The van der Waals surface area contributed by atoms with E-state index in [1.807, 2.05) is 43.5 Å². The van der Waals surface area contributed by atoms with Crippen molar-refractivity contribution in [3.8, 4) is 0 Å². The van der Waals surface area contributed by atoms with Crippen LogP contribution in [-0.2, 0) is 0 Å². The van der Waals surface area contributed by atoms with Crippen LogP contribution in [0.4, 0.5) is 5.69 Å². The first-order valence-electron chi connectivity index (χ1n) is 6.28. The summed E-state index contributed by atoms with van der Waals surface area (Å²) in [4.78, 5) is 14.8. The van der Waals surface area contributed by atoms with Crippen LogP contribution in [0.25, 0.3) is 0 Å². The van der Waals surface area contributed by atoms with Crippen molar-refractivity contribution in [1.29, 1.82) is 0 Å². The van der Waals surface area contributed by atoms with Crippen LogP contribution in [0.3, 0.4) is 0 Å². The van der Waals surface area contributed by atoms with Crippen molar-refractivity contribution in [2.24, 2.45) is 0 Å². The largest absolute Gasteiger partial charge is 0.399 e. The number of halogens is 1. The van der Waals surface area contributed by atoms with E-state index < -0.39 is 0 Å². The minimum atomic E-state index is -0.0666. The normalized spacial score (nSPS) is 12.2. The number of nitrogens with zero attached hydrogens (tertiary/aromatic N) is 1. The molecule has 0 spiro atoms. The van der Waals surface area contributed by atoms with Crippen molar-refractivity contribution >= 4 is 34.5 Å². The summed E-state index contributed by atoms with van der Waals surface area (Å²) in [5.74, 6) is -0.0666. The van der Waals surface area contributed by atoms with Crippen molar-refractivity contribution in [2.75, 3.05) is 12.8 Å². The van der Waals surface area contributed by atoms with E-state index in [2.05, 4.69) is 0 Å². The Morgan fingerprint density at radius 1 is 1.45 bits per heavy atom. The highest BCUT2D eigenvalue weighted by Crippen LogP contribution is 2.30. The lowest BCUT2D eigenvalue weighted by molar-refractivity contribution is 0.0747. The van der Waals surface area contributed by atoms with Crippen LogP contribution in [0.15, 0.2) is 29.6 Å². The molecule has 1 amide bonds. The number of nitrogens with two attached hydrogens (primary N) is 1. The Balaban J connectivity index is 2.24. The Morgan fingerprint density at radius 3 is 2.70 bits per heavy atom. The fourth-order valence-electron chi connectivity index (χ4n) is 1.95. The number of hydrogen-bond acceptors (Lipinski definition) is 3. The molecule has 0 aliphatic rings. The maximum Gasteiger partial charge on any atom is 0.265 e. The maximum atomic E-state index is 12.5. The Labute approximate surface area is 128 Å². The van der Waals surface area contributed by atoms with Crippen molar-refractivity contribution in [1.82, 2.24) is 4.90 Å². The second kappa shape index (κ2) is 5.85. The average molecular weight is 309 g/mol. The Kier molecular flexibility index (Phi) is 4.35. The van der Waals surface area contributed by atoms with E-state index >= 15 is 0 Å². The topological polar surface area (TPSA) is 46.3 Å². The van der Waals surface area contributed by atoms with Gasteiger partial charge in [0.1, 0.15) is 4.88 Å². The minimum Gasteiger partial charge on any atom is -0.399 e. The second-order valence-corrected chi connectivity index (χ2v) is 6.08. The Hall–Kier alpha value is -1.52. The maximum absolute atomic E-state index is 12.5. The number of hydrogen-bond donors (Lipinski definition) is 1. The van der Waals surface area contributed by atoms with E-state index in [9.17, 15) is 4.79 Å². The Morgan fingerprint density at radius 2 is 2.15 bits per heavy atom. The van der Waals surface area contributed by atoms with Gasteiger partial charge >= 0.3 is 0 Å². The lowest BCUT2D eigenvalue weighted by Crippen LogP contribution is -2.29. The zero-order valence-corrected chi connectivity index (χ0v) is 13.3. The van der Waals surface area contributed by atoms with Crippen LogP contribution in [0.5, 0.6) is 0 Å². The van der Waals surface area contributed by atoms with Gasteiger partial charge in [0.2, 0.25) is 0 Å².